The van der Waals surface area contributed by atoms with Gasteiger partial charge in [-0.2, -0.15) is 5.26 Å². The molecule has 0 fully saturated rings. The van der Waals surface area contributed by atoms with Crippen molar-refractivity contribution in [1.29, 1.82) is 5.26 Å². The van der Waals surface area contributed by atoms with Crippen LogP contribution in [0.25, 0.3) is 11.1 Å². The minimum atomic E-state index is -0.645. The maximum absolute atomic E-state index is 13.7. The summed E-state index contributed by atoms with van der Waals surface area (Å²) in [7, 11) is 0. The predicted octanol–water partition coefficient (Wildman–Crippen LogP) is 3.09. The lowest BCUT2D eigenvalue weighted by molar-refractivity contribution is 0.616. The van der Waals surface area contributed by atoms with E-state index in [2.05, 4.69) is 0 Å². The highest BCUT2D eigenvalue weighted by Gasteiger charge is 2.11. The number of rotatable bonds is 1. The van der Waals surface area contributed by atoms with Crippen molar-refractivity contribution in [3.8, 4) is 17.2 Å². The molecule has 84 valence electrons. The minimum absolute atomic E-state index is 0.0898. The van der Waals surface area contributed by atoms with Crippen LogP contribution in [0.15, 0.2) is 36.4 Å². The van der Waals surface area contributed by atoms with E-state index in [1.807, 2.05) is 6.07 Å². The number of nitrogens with zero attached hydrogens (tertiary/aromatic N) is 1. The van der Waals surface area contributed by atoms with Crippen LogP contribution in [0.2, 0.25) is 0 Å². The first-order valence-corrected chi connectivity index (χ1v) is 4.87. The molecule has 0 aliphatic heterocycles. The molecule has 2 rings (SSSR count). The summed E-state index contributed by atoms with van der Waals surface area (Å²) in [6.45, 7) is 0. The molecule has 2 nitrogen and oxygen atoms in total. The minimum Gasteiger partial charge on any atom is -0.399 e. The van der Waals surface area contributed by atoms with E-state index in [0.717, 1.165) is 6.07 Å². The van der Waals surface area contributed by atoms with Crippen LogP contribution in [-0.4, -0.2) is 0 Å². The third-order valence-electron chi connectivity index (χ3n) is 2.38. The lowest BCUT2D eigenvalue weighted by Crippen LogP contribution is -1.92. The molecule has 0 atom stereocenters. The van der Waals surface area contributed by atoms with Gasteiger partial charge in [0, 0.05) is 16.8 Å². The van der Waals surface area contributed by atoms with E-state index in [1.54, 1.807) is 0 Å². The summed E-state index contributed by atoms with van der Waals surface area (Å²) < 4.78 is 27.2. The molecule has 2 aromatic carbocycles. The molecule has 17 heavy (non-hydrogen) atoms. The third-order valence-corrected chi connectivity index (χ3v) is 2.38. The van der Waals surface area contributed by atoms with Crippen LogP contribution >= 0.6 is 0 Å². The maximum atomic E-state index is 13.7. The van der Waals surface area contributed by atoms with Gasteiger partial charge in [0.2, 0.25) is 0 Å². The number of benzene rings is 2. The Morgan fingerprint density at radius 2 is 1.71 bits per heavy atom. The summed E-state index contributed by atoms with van der Waals surface area (Å²) in [5.41, 5.74) is 6.25. The number of nitrogens with two attached hydrogens (primary N) is 1. The van der Waals surface area contributed by atoms with Gasteiger partial charge in [0.15, 0.2) is 0 Å². The first-order chi connectivity index (χ1) is 8.11. The van der Waals surface area contributed by atoms with Crippen molar-refractivity contribution in [2.75, 3.05) is 5.73 Å². The van der Waals surface area contributed by atoms with Gasteiger partial charge in [-0.1, -0.05) is 6.07 Å². The summed E-state index contributed by atoms with van der Waals surface area (Å²) in [5.74, 6) is -1.20. The number of hydrogen-bond donors (Lipinski definition) is 1. The summed E-state index contributed by atoms with van der Waals surface area (Å²) in [6.07, 6.45) is 0. The third kappa shape index (κ3) is 2.08. The zero-order chi connectivity index (χ0) is 12.4. The summed E-state index contributed by atoms with van der Waals surface area (Å²) >= 11 is 0. The Morgan fingerprint density at radius 3 is 2.35 bits per heavy atom. The smallest absolute Gasteiger partial charge is 0.132 e. The molecule has 0 spiro atoms. The van der Waals surface area contributed by atoms with Gasteiger partial charge in [-0.3, -0.25) is 0 Å². The second-order valence-electron chi connectivity index (χ2n) is 3.55. The van der Waals surface area contributed by atoms with Gasteiger partial charge in [0.05, 0.1) is 11.6 Å². The molecule has 2 N–H and O–H groups in total. The van der Waals surface area contributed by atoms with E-state index in [9.17, 15) is 8.78 Å². The van der Waals surface area contributed by atoms with Crippen molar-refractivity contribution in [3.63, 3.8) is 0 Å². The van der Waals surface area contributed by atoms with Crippen molar-refractivity contribution >= 4 is 5.69 Å². The Morgan fingerprint density at radius 1 is 0.941 bits per heavy atom. The monoisotopic (exact) mass is 230 g/mol. The Kier molecular flexibility index (Phi) is 2.75. The molecule has 0 saturated carbocycles. The second kappa shape index (κ2) is 4.22. The highest BCUT2D eigenvalue weighted by molar-refractivity contribution is 5.69. The van der Waals surface area contributed by atoms with Gasteiger partial charge in [-0.25, -0.2) is 8.78 Å². The summed E-state index contributed by atoms with van der Waals surface area (Å²) in [5, 5.41) is 8.61. The lowest BCUT2D eigenvalue weighted by atomic mass is 10.0. The molecule has 0 unspecified atom stereocenters. The van der Waals surface area contributed by atoms with Crippen LogP contribution in [0, 0.1) is 23.0 Å². The van der Waals surface area contributed by atoms with Crippen LogP contribution in [0.3, 0.4) is 0 Å². The lowest BCUT2D eigenvalue weighted by Gasteiger charge is -2.06. The second-order valence-corrected chi connectivity index (χ2v) is 3.55. The average Bonchev–Trinajstić information content (AvgIpc) is 2.32. The SMILES string of the molecule is N#Cc1ccc(-c2cc(N)ccc2F)c(F)c1. The van der Waals surface area contributed by atoms with Crippen LogP contribution < -0.4 is 5.73 Å². The molecule has 2 aromatic rings. The molecule has 0 aromatic heterocycles. The van der Waals surface area contributed by atoms with E-state index in [4.69, 9.17) is 11.0 Å². The number of halogens is 2. The molecule has 0 saturated heterocycles. The van der Waals surface area contributed by atoms with Crippen LogP contribution in [0.5, 0.6) is 0 Å². The molecule has 0 bridgehead atoms. The number of hydrogen-bond acceptors (Lipinski definition) is 2. The van der Waals surface area contributed by atoms with E-state index >= 15 is 0 Å². The zero-order valence-corrected chi connectivity index (χ0v) is 8.74. The van der Waals surface area contributed by atoms with Gasteiger partial charge in [-0.15, -0.1) is 0 Å². The first kappa shape index (κ1) is 11.1. The predicted molar refractivity (Wildman–Crippen MR) is 60.9 cm³/mol. The fourth-order valence-corrected chi connectivity index (χ4v) is 1.55. The number of nitrogen functional groups attached to an aromatic ring is 1. The van der Waals surface area contributed by atoms with E-state index in [0.29, 0.717) is 5.69 Å². The van der Waals surface area contributed by atoms with Crippen molar-refractivity contribution in [2.24, 2.45) is 0 Å². The molecule has 0 radical (unpaired) electrons. The fraction of sp³-hybridized carbons (Fsp3) is 0. The van der Waals surface area contributed by atoms with Gasteiger partial charge in [0.1, 0.15) is 11.6 Å². The Hall–Kier alpha value is -2.41. The molecular formula is C13H8F2N2. The van der Waals surface area contributed by atoms with E-state index < -0.39 is 11.6 Å². The summed E-state index contributed by atoms with van der Waals surface area (Å²) in [4.78, 5) is 0. The summed E-state index contributed by atoms with van der Waals surface area (Å²) in [6, 6.07) is 9.63. The topological polar surface area (TPSA) is 49.8 Å². The molecule has 0 aliphatic rings. The van der Waals surface area contributed by atoms with Crippen molar-refractivity contribution in [1.82, 2.24) is 0 Å². The Balaban J connectivity index is 2.61. The molecule has 4 heteroatoms. The molecule has 0 heterocycles. The largest absolute Gasteiger partial charge is 0.399 e. The maximum Gasteiger partial charge on any atom is 0.132 e. The van der Waals surface area contributed by atoms with E-state index in [-0.39, 0.29) is 16.7 Å². The highest BCUT2D eigenvalue weighted by Crippen LogP contribution is 2.27. The van der Waals surface area contributed by atoms with Gasteiger partial charge < -0.3 is 5.73 Å². The van der Waals surface area contributed by atoms with Crippen LogP contribution in [0.1, 0.15) is 5.56 Å². The van der Waals surface area contributed by atoms with Crippen LogP contribution in [0.4, 0.5) is 14.5 Å². The Labute approximate surface area is 96.9 Å². The van der Waals surface area contributed by atoms with Crippen molar-refractivity contribution < 1.29 is 8.78 Å². The normalized spacial score (nSPS) is 9.94. The van der Waals surface area contributed by atoms with Crippen molar-refractivity contribution in [2.45, 2.75) is 0 Å². The van der Waals surface area contributed by atoms with Gasteiger partial charge in [0.25, 0.3) is 0 Å². The molecule has 0 aliphatic carbocycles. The molecule has 0 amide bonds. The quantitative estimate of drug-likeness (QED) is 0.765. The zero-order valence-electron chi connectivity index (χ0n) is 8.74. The first-order valence-electron chi connectivity index (χ1n) is 4.87. The average molecular weight is 230 g/mol. The van der Waals surface area contributed by atoms with E-state index in [1.165, 1.54) is 30.3 Å². The van der Waals surface area contributed by atoms with Crippen molar-refractivity contribution in [3.05, 3.63) is 53.6 Å². The molecular weight excluding hydrogens is 222 g/mol. The fourth-order valence-electron chi connectivity index (χ4n) is 1.55. The number of nitriles is 1. The van der Waals surface area contributed by atoms with Gasteiger partial charge >= 0.3 is 0 Å². The standard InChI is InChI=1S/C13H8F2N2/c14-12-4-2-9(17)6-11(12)10-3-1-8(7-16)5-13(10)15/h1-6H,17H2. The Bertz CT molecular complexity index is 615. The highest BCUT2D eigenvalue weighted by atomic mass is 19.1. The van der Waals surface area contributed by atoms with Crippen LogP contribution in [-0.2, 0) is 0 Å². The number of anilines is 1. The van der Waals surface area contributed by atoms with Gasteiger partial charge in [-0.05, 0) is 30.3 Å².